The average molecular weight is 345 g/mol. The van der Waals surface area contributed by atoms with Crippen LogP contribution in [-0.2, 0) is 0 Å². The van der Waals surface area contributed by atoms with Gasteiger partial charge >= 0.3 is 5.69 Å². The molecule has 0 radical (unpaired) electrons. The second-order valence-electron chi connectivity index (χ2n) is 3.62. The van der Waals surface area contributed by atoms with Crippen LogP contribution in [0.4, 0.5) is 5.69 Å². The van der Waals surface area contributed by atoms with Crippen LogP contribution in [0.1, 0.15) is 5.56 Å². The van der Waals surface area contributed by atoms with Gasteiger partial charge in [-0.2, -0.15) is 4.98 Å². The molecule has 0 amide bonds. The zero-order chi connectivity index (χ0) is 14.0. The topological polar surface area (TPSA) is 78.2 Å². The minimum Gasteiger partial charge on any atom is -0.430 e. The van der Waals surface area contributed by atoms with Crippen LogP contribution in [0.15, 0.2) is 28.9 Å². The third kappa shape index (κ3) is 3.18. The fourth-order valence-electron chi connectivity index (χ4n) is 1.36. The Kier molecular flexibility index (Phi) is 3.96. The summed E-state index contributed by atoms with van der Waals surface area (Å²) in [7, 11) is 0. The van der Waals surface area contributed by atoms with Gasteiger partial charge in [-0.1, -0.05) is 6.07 Å². The summed E-state index contributed by atoms with van der Waals surface area (Å²) < 4.78 is 5.86. The second-order valence-corrected chi connectivity index (χ2v) is 4.81. The van der Waals surface area contributed by atoms with E-state index in [1.807, 2.05) is 0 Å². The van der Waals surface area contributed by atoms with Crippen molar-refractivity contribution in [1.29, 1.82) is 0 Å². The Morgan fingerprint density at radius 2 is 2.21 bits per heavy atom. The Morgan fingerprint density at radius 1 is 1.47 bits per heavy atom. The highest BCUT2D eigenvalue weighted by atomic mass is 79.9. The SMILES string of the molecule is Cc1ccc(Oc2nc(Cl)ncc2Br)c([N+](=O)[O-])c1. The maximum Gasteiger partial charge on any atom is 0.311 e. The van der Waals surface area contributed by atoms with E-state index >= 15 is 0 Å². The van der Waals surface area contributed by atoms with Gasteiger partial charge in [-0.05, 0) is 46.1 Å². The maximum atomic E-state index is 11.0. The number of nitro groups is 1. The van der Waals surface area contributed by atoms with Crippen molar-refractivity contribution in [3.05, 3.63) is 49.8 Å². The number of hydrogen-bond acceptors (Lipinski definition) is 5. The summed E-state index contributed by atoms with van der Waals surface area (Å²) in [6, 6.07) is 4.64. The molecule has 98 valence electrons. The van der Waals surface area contributed by atoms with Crippen molar-refractivity contribution in [2.45, 2.75) is 6.92 Å². The molecule has 8 heteroatoms. The number of halogens is 2. The summed E-state index contributed by atoms with van der Waals surface area (Å²) in [5, 5.41) is 11.0. The summed E-state index contributed by atoms with van der Waals surface area (Å²) in [6.07, 6.45) is 1.41. The van der Waals surface area contributed by atoms with E-state index in [4.69, 9.17) is 16.3 Å². The molecule has 0 bridgehead atoms. The molecule has 19 heavy (non-hydrogen) atoms. The first-order chi connectivity index (χ1) is 8.97. The molecule has 6 nitrogen and oxygen atoms in total. The van der Waals surface area contributed by atoms with E-state index < -0.39 is 4.92 Å². The van der Waals surface area contributed by atoms with Gasteiger partial charge in [-0.25, -0.2) is 4.98 Å². The van der Waals surface area contributed by atoms with E-state index in [-0.39, 0.29) is 22.6 Å². The van der Waals surface area contributed by atoms with Gasteiger partial charge in [0.2, 0.25) is 16.9 Å². The minimum atomic E-state index is -0.515. The molecule has 0 saturated carbocycles. The third-order valence-corrected chi connectivity index (χ3v) is 2.93. The largest absolute Gasteiger partial charge is 0.430 e. The highest BCUT2D eigenvalue weighted by Crippen LogP contribution is 2.34. The van der Waals surface area contributed by atoms with E-state index in [0.717, 1.165) is 5.56 Å². The van der Waals surface area contributed by atoms with Crippen molar-refractivity contribution in [3.63, 3.8) is 0 Å². The van der Waals surface area contributed by atoms with Crippen LogP contribution in [0, 0.1) is 17.0 Å². The number of benzene rings is 1. The zero-order valence-electron chi connectivity index (χ0n) is 9.63. The van der Waals surface area contributed by atoms with Crippen LogP contribution in [0.5, 0.6) is 11.6 Å². The molecule has 0 atom stereocenters. The molecule has 0 aliphatic heterocycles. The fourth-order valence-corrected chi connectivity index (χ4v) is 1.76. The predicted octanol–water partition coefficient (Wildman–Crippen LogP) is 3.90. The van der Waals surface area contributed by atoms with Crippen LogP contribution in [0.25, 0.3) is 0 Å². The summed E-state index contributed by atoms with van der Waals surface area (Å²) in [5.41, 5.74) is 0.625. The van der Waals surface area contributed by atoms with Crippen LogP contribution < -0.4 is 4.74 Å². The lowest BCUT2D eigenvalue weighted by Crippen LogP contribution is -1.96. The highest BCUT2D eigenvalue weighted by Gasteiger charge is 2.17. The van der Waals surface area contributed by atoms with Gasteiger partial charge in [0.1, 0.15) is 0 Å². The number of nitro benzene ring substituents is 1. The van der Waals surface area contributed by atoms with Gasteiger partial charge in [0, 0.05) is 12.3 Å². The molecular weight excluding hydrogens is 337 g/mol. The molecule has 0 saturated heterocycles. The molecule has 2 rings (SSSR count). The summed E-state index contributed by atoms with van der Waals surface area (Å²) in [4.78, 5) is 18.1. The minimum absolute atomic E-state index is 0.00651. The molecule has 0 fully saturated rings. The number of ether oxygens (including phenoxy) is 1. The van der Waals surface area contributed by atoms with Crippen molar-refractivity contribution in [3.8, 4) is 11.6 Å². The van der Waals surface area contributed by atoms with E-state index in [0.29, 0.717) is 4.47 Å². The lowest BCUT2D eigenvalue weighted by Gasteiger charge is -2.07. The summed E-state index contributed by atoms with van der Waals surface area (Å²) in [6.45, 7) is 1.76. The van der Waals surface area contributed by atoms with Crippen LogP contribution in [0.2, 0.25) is 5.28 Å². The number of hydrogen-bond donors (Lipinski definition) is 0. The number of aryl methyl sites for hydroxylation is 1. The van der Waals surface area contributed by atoms with E-state index in [1.54, 1.807) is 13.0 Å². The lowest BCUT2D eigenvalue weighted by molar-refractivity contribution is -0.385. The van der Waals surface area contributed by atoms with Gasteiger partial charge in [-0.3, -0.25) is 10.1 Å². The number of nitrogens with zero attached hydrogens (tertiary/aromatic N) is 3. The van der Waals surface area contributed by atoms with Crippen molar-refractivity contribution in [2.75, 3.05) is 0 Å². The van der Waals surface area contributed by atoms with Gasteiger partial charge < -0.3 is 4.74 Å². The van der Waals surface area contributed by atoms with Gasteiger partial charge in [0.25, 0.3) is 0 Å². The molecule has 1 aromatic heterocycles. The van der Waals surface area contributed by atoms with Crippen LogP contribution in [0.3, 0.4) is 0 Å². The number of rotatable bonds is 3. The Labute approximate surface area is 121 Å². The molecule has 0 unspecified atom stereocenters. The van der Waals surface area contributed by atoms with Crippen molar-refractivity contribution < 1.29 is 9.66 Å². The van der Waals surface area contributed by atoms with Crippen molar-refractivity contribution >= 4 is 33.2 Å². The Balaban J connectivity index is 2.43. The van der Waals surface area contributed by atoms with Crippen LogP contribution in [-0.4, -0.2) is 14.9 Å². The highest BCUT2D eigenvalue weighted by molar-refractivity contribution is 9.10. The first-order valence-electron chi connectivity index (χ1n) is 5.08. The standard InChI is InChI=1S/C11H7BrClN3O3/c1-6-2-3-9(8(4-6)16(17)18)19-10-7(12)5-14-11(13)15-10/h2-5H,1H3. The van der Waals surface area contributed by atoms with E-state index in [1.165, 1.54) is 18.3 Å². The average Bonchev–Trinajstić information content (AvgIpc) is 2.35. The number of aromatic nitrogens is 2. The molecule has 0 spiro atoms. The molecule has 1 aromatic carbocycles. The maximum absolute atomic E-state index is 11.0. The van der Waals surface area contributed by atoms with E-state index in [9.17, 15) is 10.1 Å². The normalized spacial score (nSPS) is 10.3. The lowest BCUT2D eigenvalue weighted by atomic mass is 10.2. The Hall–Kier alpha value is -1.73. The Bertz CT molecular complexity index is 651. The summed E-state index contributed by atoms with van der Waals surface area (Å²) in [5.74, 6) is 0.206. The van der Waals surface area contributed by atoms with E-state index in [2.05, 4.69) is 25.9 Å². The molecule has 2 aromatic rings. The third-order valence-electron chi connectivity index (χ3n) is 2.20. The van der Waals surface area contributed by atoms with Crippen molar-refractivity contribution in [1.82, 2.24) is 9.97 Å². The molecule has 0 aliphatic rings. The summed E-state index contributed by atoms with van der Waals surface area (Å²) >= 11 is 8.84. The quantitative estimate of drug-likeness (QED) is 0.479. The predicted molar refractivity (Wildman–Crippen MR) is 72.6 cm³/mol. The fraction of sp³-hybridized carbons (Fsp3) is 0.0909. The first kappa shape index (κ1) is 13.7. The van der Waals surface area contributed by atoms with Crippen molar-refractivity contribution in [2.24, 2.45) is 0 Å². The molecule has 1 heterocycles. The van der Waals surface area contributed by atoms with Gasteiger partial charge in [0.05, 0.1) is 9.40 Å². The Morgan fingerprint density at radius 3 is 2.89 bits per heavy atom. The van der Waals surface area contributed by atoms with Crippen LogP contribution >= 0.6 is 27.5 Å². The first-order valence-corrected chi connectivity index (χ1v) is 6.25. The molecular formula is C11H7BrClN3O3. The second kappa shape index (κ2) is 5.50. The smallest absolute Gasteiger partial charge is 0.311 e. The molecule has 0 aliphatic carbocycles. The van der Waals surface area contributed by atoms with Gasteiger partial charge in [-0.15, -0.1) is 0 Å². The zero-order valence-corrected chi connectivity index (χ0v) is 12.0. The van der Waals surface area contributed by atoms with Gasteiger partial charge in [0.15, 0.2) is 0 Å². The monoisotopic (exact) mass is 343 g/mol. The molecule has 0 N–H and O–H groups in total.